The summed E-state index contributed by atoms with van der Waals surface area (Å²) in [6.07, 6.45) is 11.3. The average molecular weight is 519 g/mol. The van der Waals surface area contributed by atoms with Crippen LogP contribution in [0.4, 0.5) is 5.69 Å². The molecule has 1 aromatic carbocycles. The second-order valence-corrected chi connectivity index (χ2v) is 12.2. The van der Waals surface area contributed by atoms with Gasteiger partial charge < -0.3 is 15.8 Å². The first-order valence-electron chi connectivity index (χ1n) is 14.5. The van der Waals surface area contributed by atoms with E-state index in [0.717, 1.165) is 43.5 Å². The molecule has 1 aromatic rings. The van der Waals surface area contributed by atoms with E-state index in [9.17, 15) is 19.2 Å². The maximum atomic E-state index is 13.1. The fourth-order valence-corrected chi connectivity index (χ4v) is 7.29. The van der Waals surface area contributed by atoms with Crippen LogP contribution in [-0.2, 0) is 9.59 Å². The molecule has 8 heteroatoms. The van der Waals surface area contributed by atoms with Crippen LogP contribution in [-0.4, -0.2) is 53.6 Å². The number of nitrogens with one attached hydrogen (secondary N) is 1. The number of amides is 1. The smallest absolute Gasteiger partial charge is 0.221 e. The van der Waals surface area contributed by atoms with Crippen molar-refractivity contribution in [3.05, 3.63) is 29.3 Å². The molecule has 6 rings (SSSR count). The highest BCUT2D eigenvalue weighted by atomic mass is 16.2. The first-order valence-corrected chi connectivity index (χ1v) is 14.5. The minimum atomic E-state index is -1.13. The molecule has 1 aliphatic heterocycles. The van der Waals surface area contributed by atoms with Gasteiger partial charge >= 0.3 is 0 Å². The van der Waals surface area contributed by atoms with Gasteiger partial charge in [-0.2, -0.15) is 5.10 Å². The van der Waals surface area contributed by atoms with Gasteiger partial charge in [0.05, 0.1) is 11.8 Å². The Bertz CT molecular complexity index is 1160. The number of carbonyl (C=O) groups is 4. The number of hydrazone groups is 1. The summed E-state index contributed by atoms with van der Waals surface area (Å²) < 4.78 is 0. The standard InChI is InChI=1S/C30H38N4O4/c31-30(38)23(6-3-11-35)26-28(36)22-10-9-20(14-24(22)29(26)37)32-15-17-12-21(13-17)34-16-25(18-4-1-2-5-18)27(33-34)19-7-8-19/h9-11,14,17-19,21,23,25-26,32H,1-8,12-13,15-16H2,(H2,31,38)/t17-,21-,23-,25?,26?/m0/s1. The van der Waals surface area contributed by atoms with Crippen molar-refractivity contribution in [2.24, 2.45) is 46.3 Å². The third kappa shape index (κ3) is 4.67. The molecule has 3 saturated carbocycles. The molecule has 0 aromatic heterocycles. The van der Waals surface area contributed by atoms with Crippen LogP contribution in [0.5, 0.6) is 0 Å². The Morgan fingerprint density at radius 2 is 1.84 bits per heavy atom. The van der Waals surface area contributed by atoms with Crippen LogP contribution in [0.2, 0.25) is 0 Å². The Morgan fingerprint density at radius 1 is 1.11 bits per heavy atom. The number of rotatable bonds is 11. The number of ketones is 2. The largest absolute Gasteiger partial charge is 0.385 e. The average Bonchev–Trinajstić information content (AvgIpc) is 3.30. The van der Waals surface area contributed by atoms with Crippen molar-refractivity contribution in [2.45, 2.75) is 70.3 Å². The van der Waals surface area contributed by atoms with Gasteiger partial charge in [0.2, 0.25) is 5.91 Å². The molecule has 1 amide bonds. The lowest BCUT2D eigenvalue weighted by atomic mass is 9.79. The zero-order chi connectivity index (χ0) is 26.4. The third-order valence-electron chi connectivity index (χ3n) is 9.68. The van der Waals surface area contributed by atoms with Gasteiger partial charge in [0.15, 0.2) is 11.6 Å². The number of benzene rings is 1. The highest BCUT2D eigenvalue weighted by Gasteiger charge is 2.46. The molecule has 8 nitrogen and oxygen atoms in total. The molecule has 0 radical (unpaired) electrons. The maximum Gasteiger partial charge on any atom is 0.221 e. The highest BCUT2D eigenvalue weighted by Crippen LogP contribution is 2.45. The van der Waals surface area contributed by atoms with Crippen LogP contribution in [0.15, 0.2) is 23.3 Å². The van der Waals surface area contributed by atoms with Gasteiger partial charge in [-0.3, -0.25) is 19.4 Å². The van der Waals surface area contributed by atoms with Crippen molar-refractivity contribution in [1.29, 1.82) is 0 Å². The summed E-state index contributed by atoms with van der Waals surface area (Å²) in [6, 6.07) is 5.74. The van der Waals surface area contributed by atoms with E-state index in [4.69, 9.17) is 10.8 Å². The number of hydrogen-bond donors (Lipinski definition) is 2. The number of aldehydes is 1. The fourth-order valence-electron chi connectivity index (χ4n) is 7.29. The number of nitrogens with two attached hydrogens (primary N) is 1. The van der Waals surface area contributed by atoms with Crippen LogP contribution >= 0.6 is 0 Å². The van der Waals surface area contributed by atoms with E-state index in [0.29, 0.717) is 35.3 Å². The molecule has 2 unspecified atom stereocenters. The second-order valence-electron chi connectivity index (χ2n) is 12.2. The van der Waals surface area contributed by atoms with Crippen molar-refractivity contribution in [3.8, 4) is 0 Å². The molecular weight excluding hydrogens is 480 g/mol. The van der Waals surface area contributed by atoms with E-state index < -0.39 is 17.7 Å². The van der Waals surface area contributed by atoms with Crippen molar-refractivity contribution in [2.75, 3.05) is 18.4 Å². The van der Waals surface area contributed by atoms with Gasteiger partial charge in [-0.05, 0) is 80.9 Å². The molecule has 5 aliphatic rings. The molecule has 3 atom stereocenters. The summed E-state index contributed by atoms with van der Waals surface area (Å²) in [4.78, 5) is 48.8. The molecule has 0 spiro atoms. The van der Waals surface area contributed by atoms with E-state index in [-0.39, 0.29) is 24.4 Å². The van der Waals surface area contributed by atoms with Gasteiger partial charge in [0.25, 0.3) is 0 Å². The Balaban J connectivity index is 1.04. The van der Waals surface area contributed by atoms with Crippen molar-refractivity contribution in [1.82, 2.24) is 5.01 Å². The summed E-state index contributed by atoms with van der Waals surface area (Å²) in [5, 5.41) is 11.0. The summed E-state index contributed by atoms with van der Waals surface area (Å²) >= 11 is 0. The van der Waals surface area contributed by atoms with Crippen LogP contribution in [0.3, 0.4) is 0 Å². The Hall–Kier alpha value is -3.03. The van der Waals surface area contributed by atoms with E-state index in [1.807, 2.05) is 6.07 Å². The molecule has 1 heterocycles. The zero-order valence-corrected chi connectivity index (χ0v) is 21.9. The number of Topliss-reactive ketones (excluding diaryl/α,β-unsaturated/α-hetero) is 2. The maximum absolute atomic E-state index is 13.1. The van der Waals surface area contributed by atoms with Gasteiger partial charge in [-0.1, -0.05) is 12.8 Å². The molecule has 3 N–H and O–H groups in total. The minimum absolute atomic E-state index is 0.0854. The Morgan fingerprint density at radius 3 is 2.53 bits per heavy atom. The third-order valence-corrected chi connectivity index (χ3v) is 9.68. The molecule has 0 saturated heterocycles. The number of primary amides is 1. The van der Waals surface area contributed by atoms with E-state index in [2.05, 4.69) is 10.3 Å². The van der Waals surface area contributed by atoms with Crippen LogP contribution in [0.25, 0.3) is 0 Å². The van der Waals surface area contributed by atoms with Crippen LogP contribution in [0, 0.1) is 35.5 Å². The summed E-state index contributed by atoms with van der Waals surface area (Å²) in [7, 11) is 0. The zero-order valence-electron chi connectivity index (χ0n) is 21.9. The molecule has 0 bridgehead atoms. The van der Waals surface area contributed by atoms with E-state index in [1.165, 1.54) is 44.2 Å². The Kier molecular flexibility index (Phi) is 6.82. The van der Waals surface area contributed by atoms with Gasteiger partial charge in [-0.25, -0.2) is 0 Å². The first-order chi connectivity index (χ1) is 18.4. The fraction of sp³-hybridized carbons (Fsp3) is 0.633. The lowest BCUT2D eigenvalue weighted by molar-refractivity contribution is -0.123. The lowest BCUT2D eigenvalue weighted by Crippen LogP contribution is -2.44. The summed E-state index contributed by atoms with van der Waals surface area (Å²) in [6.45, 7) is 1.92. The van der Waals surface area contributed by atoms with Crippen molar-refractivity contribution >= 4 is 35.2 Å². The monoisotopic (exact) mass is 518 g/mol. The Labute approximate surface area is 223 Å². The predicted octanol–water partition coefficient (Wildman–Crippen LogP) is 3.84. The van der Waals surface area contributed by atoms with Crippen molar-refractivity contribution < 1.29 is 19.2 Å². The van der Waals surface area contributed by atoms with Gasteiger partial charge in [-0.15, -0.1) is 0 Å². The normalized spacial score (nSPS) is 29.7. The lowest BCUT2D eigenvalue weighted by Gasteiger charge is -2.41. The molecule has 202 valence electrons. The minimum Gasteiger partial charge on any atom is -0.385 e. The number of carbonyl (C=O) groups excluding carboxylic acids is 4. The SMILES string of the molecule is NC(=O)[C@@H](CCC=O)C1C(=O)c2ccc(NC[C@H]3C[C@H](N4CC(C5CCCC5)C(C5CC5)=N4)C3)cc2C1=O. The van der Waals surface area contributed by atoms with E-state index in [1.54, 1.807) is 12.1 Å². The van der Waals surface area contributed by atoms with Crippen LogP contribution in [0.1, 0.15) is 84.9 Å². The topological polar surface area (TPSA) is 122 Å². The molecule has 3 fully saturated rings. The highest BCUT2D eigenvalue weighted by molar-refractivity contribution is 6.28. The number of hydrogen-bond acceptors (Lipinski definition) is 7. The van der Waals surface area contributed by atoms with Gasteiger partial charge in [0.1, 0.15) is 6.29 Å². The summed E-state index contributed by atoms with van der Waals surface area (Å²) in [5.41, 5.74) is 8.47. The van der Waals surface area contributed by atoms with Crippen molar-refractivity contribution in [3.63, 3.8) is 0 Å². The molecule has 4 aliphatic carbocycles. The molecular formula is C30H38N4O4. The van der Waals surface area contributed by atoms with Gasteiger partial charge in [0, 0.05) is 54.0 Å². The molecule has 38 heavy (non-hydrogen) atoms. The predicted molar refractivity (Wildman–Crippen MR) is 144 cm³/mol. The van der Waals surface area contributed by atoms with Crippen LogP contribution < -0.4 is 11.1 Å². The number of fused-ring (bicyclic) bond motifs is 1. The number of nitrogens with zero attached hydrogens (tertiary/aromatic N) is 2. The summed E-state index contributed by atoms with van der Waals surface area (Å²) in [5.74, 6) is -0.725. The quantitative estimate of drug-likeness (QED) is 0.339. The first kappa shape index (κ1) is 25.3. The van der Waals surface area contributed by atoms with E-state index >= 15 is 0 Å². The number of anilines is 1. The second kappa shape index (κ2) is 10.3.